The van der Waals surface area contributed by atoms with Crippen LogP contribution in [0.25, 0.3) is 11.3 Å². The molecule has 0 saturated carbocycles. The summed E-state index contributed by atoms with van der Waals surface area (Å²) in [6, 6.07) is 20.8. The van der Waals surface area contributed by atoms with Crippen LogP contribution in [0, 0.1) is 15.9 Å². The van der Waals surface area contributed by atoms with Crippen molar-refractivity contribution < 1.29 is 13.7 Å². The Bertz CT molecular complexity index is 1330. The summed E-state index contributed by atoms with van der Waals surface area (Å²) in [4.78, 5) is 16.7. The van der Waals surface area contributed by atoms with Gasteiger partial charge in [-0.2, -0.15) is 0 Å². The number of benzene rings is 2. The Morgan fingerprint density at radius 1 is 1.03 bits per heavy atom. The Balaban J connectivity index is 1.58. The second-order valence-electron chi connectivity index (χ2n) is 7.45. The van der Waals surface area contributed by atoms with E-state index in [9.17, 15) is 14.5 Å². The lowest BCUT2D eigenvalue weighted by molar-refractivity contribution is -0.384. The largest absolute Gasteiger partial charge is 0.459 e. The number of hydrogen-bond donors (Lipinski definition) is 1. The van der Waals surface area contributed by atoms with E-state index in [0.29, 0.717) is 27.9 Å². The minimum Gasteiger partial charge on any atom is -0.459 e. The first kappa shape index (κ1) is 20.8. The van der Waals surface area contributed by atoms with Crippen molar-refractivity contribution in [1.29, 1.82) is 0 Å². The molecular weight excluding hydrogens is 443 g/mol. The van der Waals surface area contributed by atoms with E-state index in [1.165, 1.54) is 18.2 Å². The van der Waals surface area contributed by atoms with Gasteiger partial charge >= 0.3 is 0 Å². The van der Waals surface area contributed by atoms with Crippen molar-refractivity contribution in [3.05, 3.63) is 112 Å². The number of anilines is 1. The van der Waals surface area contributed by atoms with Crippen LogP contribution in [0.5, 0.6) is 0 Å². The van der Waals surface area contributed by atoms with Gasteiger partial charge in [-0.25, -0.2) is 4.39 Å². The molecule has 0 amide bonds. The van der Waals surface area contributed by atoms with Crippen LogP contribution in [0.3, 0.4) is 0 Å². The number of furan rings is 1. The molecule has 1 saturated heterocycles. The van der Waals surface area contributed by atoms with Gasteiger partial charge in [0.1, 0.15) is 23.4 Å². The van der Waals surface area contributed by atoms with E-state index in [1.54, 1.807) is 53.6 Å². The van der Waals surface area contributed by atoms with Crippen molar-refractivity contribution >= 4 is 28.7 Å². The molecule has 2 atom stereocenters. The van der Waals surface area contributed by atoms with E-state index < -0.39 is 16.8 Å². The molecule has 0 spiro atoms. The van der Waals surface area contributed by atoms with Gasteiger partial charge in [0.05, 0.1) is 22.3 Å². The number of nitrogens with one attached hydrogen (secondary N) is 1. The van der Waals surface area contributed by atoms with Crippen LogP contribution in [-0.2, 0) is 0 Å². The number of halogens is 1. The van der Waals surface area contributed by atoms with E-state index in [-0.39, 0.29) is 11.7 Å². The first-order valence-corrected chi connectivity index (χ1v) is 10.5. The lowest BCUT2D eigenvalue weighted by Crippen LogP contribution is -2.30. The van der Waals surface area contributed by atoms with Crippen molar-refractivity contribution in [1.82, 2.24) is 10.3 Å². The zero-order chi connectivity index (χ0) is 22.9. The quantitative estimate of drug-likeness (QED) is 0.237. The number of hydrogen-bond acceptors (Lipinski definition) is 5. The minimum absolute atomic E-state index is 0.00295. The van der Waals surface area contributed by atoms with Crippen LogP contribution in [0.1, 0.15) is 23.5 Å². The molecule has 7 nitrogen and oxygen atoms in total. The van der Waals surface area contributed by atoms with E-state index >= 15 is 0 Å². The third-order valence-electron chi connectivity index (χ3n) is 5.49. The van der Waals surface area contributed by atoms with Crippen LogP contribution < -0.4 is 10.2 Å². The van der Waals surface area contributed by atoms with Crippen molar-refractivity contribution in [3.63, 3.8) is 0 Å². The normalized spacial score (nSPS) is 17.7. The van der Waals surface area contributed by atoms with Gasteiger partial charge in [0.25, 0.3) is 5.69 Å². The second-order valence-corrected chi connectivity index (χ2v) is 7.84. The first-order valence-electron chi connectivity index (χ1n) is 10.1. The number of nitro groups is 1. The molecule has 1 fully saturated rings. The maximum atomic E-state index is 14.8. The van der Waals surface area contributed by atoms with E-state index in [0.717, 1.165) is 5.69 Å². The average molecular weight is 460 g/mol. The molecule has 33 heavy (non-hydrogen) atoms. The number of non-ortho nitro benzene ring substituents is 1. The van der Waals surface area contributed by atoms with Crippen LogP contribution in [0.15, 0.2) is 89.5 Å². The van der Waals surface area contributed by atoms with E-state index in [4.69, 9.17) is 16.6 Å². The number of aromatic nitrogens is 1. The number of nitrogens with zero attached hydrogens (tertiary/aromatic N) is 3. The molecule has 2 aromatic heterocycles. The second kappa shape index (κ2) is 8.44. The zero-order valence-corrected chi connectivity index (χ0v) is 17.9. The lowest BCUT2D eigenvalue weighted by atomic mass is 10.0. The molecule has 164 valence electrons. The maximum absolute atomic E-state index is 14.8. The fraction of sp³-hybridized carbons (Fsp3) is 0.0833. The molecule has 0 unspecified atom stereocenters. The molecule has 0 aliphatic carbocycles. The molecule has 1 aliphatic heterocycles. The molecule has 4 aromatic rings. The molecule has 2 aromatic carbocycles. The van der Waals surface area contributed by atoms with Gasteiger partial charge in [-0.05, 0) is 60.7 Å². The van der Waals surface area contributed by atoms with Gasteiger partial charge in [0, 0.05) is 23.9 Å². The summed E-state index contributed by atoms with van der Waals surface area (Å²) in [5.74, 6) is 0.677. The molecular formula is C24H17FN4O3S. The highest BCUT2D eigenvalue weighted by Crippen LogP contribution is 2.43. The highest BCUT2D eigenvalue weighted by Gasteiger charge is 2.43. The number of thiocarbonyl (C=S) groups is 1. The Hall–Kier alpha value is -4.11. The molecule has 9 heteroatoms. The Morgan fingerprint density at radius 3 is 2.48 bits per heavy atom. The van der Waals surface area contributed by atoms with Gasteiger partial charge in [-0.3, -0.25) is 15.1 Å². The molecule has 5 rings (SSSR count). The summed E-state index contributed by atoms with van der Waals surface area (Å²) in [5, 5.41) is 14.6. The molecule has 1 aliphatic rings. The Kier molecular flexibility index (Phi) is 5.31. The number of pyridine rings is 1. The van der Waals surface area contributed by atoms with Crippen molar-refractivity contribution in [2.75, 3.05) is 4.90 Å². The number of nitro benzene ring substituents is 1. The predicted molar refractivity (Wildman–Crippen MR) is 125 cm³/mol. The van der Waals surface area contributed by atoms with Crippen LogP contribution >= 0.6 is 12.2 Å². The topological polar surface area (TPSA) is 84.4 Å². The summed E-state index contributed by atoms with van der Waals surface area (Å²) in [6.07, 6.45) is 1.69. The fourth-order valence-corrected chi connectivity index (χ4v) is 4.30. The molecule has 3 heterocycles. The van der Waals surface area contributed by atoms with Crippen LogP contribution in [0.2, 0.25) is 0 Å². The van der Waals surface area contributed by atoms with Gasteiger partial charge in [0.15, 0.2) is 5.11 Å². The van der Waals surface area contributed by atoms with Gasteiger partial charge in [-0.15, -0.1) is 0 Å². The summed E-state index contributed by atoms with van der Waals surface area (Å²) < 4.78 is 21.0. The highest BCUT2D eigenvalue weighted by atomic mass is 32.1. The third-order valence-corrected chi connectivity index (χ3v) is 5.81. The smallest absolute Gasteiger partial charge is 0.269 e. The minimum atomic E-state index is -0.504. The van der Waals surface area contributed by atoms with Crippen LogP contribution in [0.4, 0.5) is 15.8 Å². The Morgan fingerprint density at radius 2 is 1.79 bits per heavy atom. The molecule has 0 radical (unpaired) electrons. The van der Waals surface area contributed by atoms with Crippen molar-refractivity contribution in [3.8, 4) is 11.3 Å². The highest BCUT2D eigenvalue weighted by molar-refractivity contribution is 7.80. The summed E-state index contributed by atoms with van der Waals surface area (Å²) in [6.45, 7) is 0. The lowest BCUT2D eigenvalue weighted by Gasteiger charge is -2.26. The zero-order valence-electron chi connectivity index (χ0n) is 17.1. The number of rotatable bonds is 5. The maximum Gasteiger partial charge on any atom is 0.269 e. The first-order chi connectivity index (χ1) is 16.0. The van der Waals surface area contributed by atoms with E-state index in [2.05, 4.69) is 10.3 Å². The summed E-state index contributed by atoms with van der Waals surface area (Å²) in [7, 11) is 0. The molecule has 1 N–H and O–H groups in total. The van der Waals surface area contributed by atoms with Gasteiger partial charge < -0.3 is 14.6 Å². The summed E-state index contributed by atoms with van der Waals surface area (Å²) >= 11 is 5.59. The fourth-order valence-electron chi connectivity index (χ4n) is 3.96. The monoisotopic (exact) mass is 460 g/mol. The van der Waals surface area contributed by atoms with Crippen molar-refractivity contribution in [2.45, 2.75) is 12.1 Å². The predicted octanol–water partition coefficient (Wildman–Crippen LogP) is 5.57. The molecule has 0 bridgehead atoms. The Labute approximate surface area is 193 Å². The van der Waals surface area contributed by atoms with Gasteiger partial charge in [-0.1, -0.05) is 18.2 Å². The van der Waals surface area contributed by atoms with Crippen LogP contribution in [-0.4, -0.2) is 15.0 Å². The third kappa shape index (κ3) is 3.83. The SMILES string of the molecule is O=[N+]([O-])c1ccc(-c2ccc([C@@H]3[C@H](c4ccccn4)NC(=S)N3c3ccccc3F)o2)cc1. The summed E-state index contributed by atoms with van der Waals surface area (Å²) in [5.41, 5.74) is 1.74. The standard InChI is InChI=1S/C24H17FN4O3S/c25-17-5-1-2-7-19(17)28-23(22(27-24(28)33)18-6-3-4-14-26-18)21-13-12-20(32-21)15-8-10-16(11-9-15)29(30)31/h1-14,22-23H,(H,27,33)/t22-,23+/m0/s1. The van der Waals surface area contributed by atoms with E-state index in [1.807, 2.05) is 18.2 Å². The number of para-hydroxylation sites is 1. The van der Waals surface area contributed by atoms with Crippen molar-refractivity contribution in [2.24, 2.45) is 0 Å². The van der Waals surface area contributed by atoms with Gasteiger partial charge in [0.2, 0.25) is 0 Å². The average Bonchev–Trinajstić information content (AvgIpc) is 3.45.